The predicted octanol–water partition coefficient (Wildman–Crippen LogP) is 3.54. The second-order valence-electron chi connectivity index (χ2n) is 5.31. The quantitative estimate of drug-likeness (QED) is 0.589. The van der Waals surface area contributed by atoms with E-state index in [0.717, 1.165) is 11.1 Å². The van der Waals surface area contributed by atoms with Crippen LogP contribution in [-0.2, 0) is 13.1 Å². The predicted molar refractivity (Wildman–Crippen MR) is 94.3 cm³/mol. The maximum absolute atomic E-state index is 12.1. The van der Waals surface area contributed by atoms with Crippen molar-refractivity contribution in [2.24, 2.45) is 4.99 Å². The van der Waals surface area contributed by atoms with E-state index < -0.39 is 12.8 Å². The minimum Gasteiger partial charge on any atom is -0.468 e. The highest BCUT2D eigenvalue weighted by atomic mass is 35.5. The molecule has 140 valence electrons. The summed E-state index contributed by atoms with van der Waals surface area (Å²) in [6, 6.07) is 10.5. The Morgan fingerprint density at radius 1 is 1.08 bits per heavy atom. The molecule has 0 bridgehead atoms. The van der Waals surface area contributed by atoms with Gasteiger partial charge in [0.2, 0.25) is 5.88 Å². The first-order valence-corrected chi connectivity index (χ1v) is 8.07. The Kier molecular flexibility index (Phi) is 7.08. The zero-order valence-electron chi connectivity index (χ0n) is 14.0. The normalized spacial score (nSPS) is 12.0. The average Bonchev–Trinajstić information content (AvgIpc) is 2.62. The molecule has 0 fully saturated rings. The van der Waals surface area contributed by atoms with Gasteiger partial charge in [-0.15, -0.1) is 0 Å². The summed E-state index contributed by atoms with van der Waals surface area (Å²) in [5, 5.41) is 6.92. The van der Waals surface area contributed by atoms with Gasteiger partial charge in [-0.3, -0.25) is 4.99 Å². The van der Waals surface area contributed by atoms with Crippen molar-refractivity contribution in [2.75, 3.05) is 13.7 Å². The van der Waals surface area contributed by atoms with E-state index >= 15 is 0 Å². The van der Waals surface area contributed by atoms with Gasteiger partial charge in [-0.1, -0.05) is 29.8 Å². The number of ether oxygens (including phenoxy) is 1. The van der Waals surface area contributed by atoms with Crippen molar-refractivity contribution >= 4 is 17.6 Å². The molecule has 9 heteroatoms. The van der Waals surface area contributed by atoms with Gasteiger partial charge in [0, 0.05) is 37.4 Å². The molecule has 0 radical (unpaired) electrons. The van der Waals surface area contributed by atoms with Crippen LogP contribution in [0.15, 0.2) is 47.6 Å². The SMILES string of the molecule is CN=C(NCc1ccc(Cl)cc1)NCc1ccc(OCC(F)(F)F)nc1. The fourth-order valence-electron chi connectivity index (χ4n) is 1.95. The molecule has 2 aromatic rings. The first-order valence-electron chi connectivity index (χ1n) is 7.69. The first kappa shape index (κ1) is 19.8. The molecular weight excluding hydrogens is 369 g/mol. The van der Waals surface area contributed by atoms with Crippen LogP contribution in [0.25, 0.3) is 0 Å². The van der Waals surface area contributed by atoms with E-state index in [1.165, 1.54) is 12.3 Å². The van der Waals surface area contributed by atoms with Crippen molar-refractivity contribution in [1.82, 2.24) is 15.6 Å². The Morgan fingerprint density at radius 2 is 1.69 bits per heavy atom. The summed E-state index contributed by atoms with van der Waals surface area (Å²) >= 11 is 5.85. The topological polar surface area (TPSA) is 58.5 Å². The van der Waals surface area contributed by atoms with Crippen LogP contribution in [-0.4, -0.2) is 30.8 Å². The maximum atomic E-state index is 12.1. The molecule has 26 heavy (non-hydrogen) atoms. The number of hydrogen-bond donors (Lipinski definition) is 2. The summed E-state index contributed by atoms with van der Waals surface area (Å²) in [4.78, 5) is 7.96. The maximum Gasteiger partial charge on any atom is 0.422 e. The van der Waals surface area contributed by atoms with Gasteiger partial charge in [0.25, 0.3) is 0 Å². The van der Waals surface area contributed by atoms with Crippen LogP contribution < -0.4 is 15.4 Å². The van der Waals surface area contributed by atoms with E-state index in [2.05, 4.69) is 25.3 Å². The van der Waals surface area contributed by atoms with Gasteiger partial charge in [-0.25, -0.2) is 4.98 Å². The second-order valence-corrected chi connectivity index (χ2v) is 5.75. The van der Waals surface area contributed by atoms with Crippen LogP contribution >= 0.6 is 11.6 Å². The molecule has 2 N–H and O–H groups in total. The number of pyridine rings is 1. The van der Waals surface area contributed by atoms with Crippen molar-refractivity contribution in [3.63, 3.8) is 0 Å². The zero-order chi connectivity index (χ0) is 19.0. The summed E-state index contributed by atoms with van der Waals surface area (Å²) in [5.74, 6) is 0.508. The van der Waals surface area contributed by atoms with Crippen LogP contribution in [0.4, 0.5) is 13.2 Å². The molecule has 1 aromatic carbocycles. The summed E-state index contributed by atoms with van der Waals surface area (Å²) < 4.78 is 40.9. The number of benzene rings is 1. The van der Waals surface area contributed by atoms with E-state index in [0.29, 0.717) is 24.1 Å². The molecule has 0 aliphatic carbocycles. The van der Waals surface area contributed by atoms with Gasteiger partial charge in [-0.05, 0) is 23.3 Å². The molecule has 0 aliphatic heterocycles. The largest absolute Gasteiger partial charge is 0.468 e. The molecule has 0 saturated heterocycles. The lowest BCUT2D eigenvalue weighted by atomic mass is 10.2. The number of nitrogens with one attached hydrogen (secondary N) is 2. The standard InChI is InChI=1S/C17H18ClF3N4O/c1-22-16(24-8-12-2-5-14(18)6-3-12)25-10-13-4-7-15(23-9-13)26-11-17(19,20)21/h2-7,9H,8,10-11H2,1H3,(H2,22,24,25). The molecule has 0 saturated carbocycles. The third-order valence-corrected chi connectivity index (χ3v) is 3.49. The Morgan fingerprint density at radius 3 is 2.23 bits per heavy atom. The third kappa shape index (κ3) is 7.18. The lowest BCUT2D eigenvalue weighted by Crippen LogP contribution is -2.36. The van der Waals surface area contributed by atoms with Gasteiger partial charge in [-0.2, -0.15) is 13.2 Å². The number of aromatic nitrogens is 1. The number of aliphatic imine (C=N–C) groups is 1. The second kappa shape index (κ2) is 9.28. The van der Waals surface area contributed by atoms with Crippen LogP contribution in [0.3, 0.4) is 0 Å². The van der Waals surface area contributed by atoms with Gasteiger partial charge < -0.3 is 15.4 Å². The smallest absolute Gasteiger partial charge is 0.422 e. The highest BCUT2D eigenvalue weighted by Crippen LogP contribution is 2.17. The first-order chi connectivity index (χ1) is 12.4. The minimum absolute atomic E-state index is 0.0729. The van der Waals surface area contributed by atoms with E-state index in [1.807, 2.05) is 24.3 Å². The van der Waals surface area contributed by atoms with Crippen LogP contribution in [0.1, 0.15) is 11.1 Å². The van der Waals surface area contributed by atoms with Crippen LogP contribution in [0.2, 0.25) is 5.02 Å². The number of guanidine groups is 1. The zero-order valence-corrected chi connectivity index (χ0v) is 14.7. The van der Waals surface area contributed by atoms with Crippen molar-refractivity contribution < 1.29 is 17.9 Å². The number of nitrogens with zero attached hydrogens (tertiary/aromatic N) is 2. The van der Waals surface area contributed by atoms with E-state index in [-0.39, 0.29) is 5.88 Å². The van der Waals surface area contributed by atoms with Gasteiger partial charge in [0.1, 0.15) is 0 Å². The van der Waals surface area contributed by atoms with E-state index in [4.69, 9.17) is 11.6 Å². The van der Waals surface area contributed by atoms with Crippen molar-refractivity contribution in [1.29, 1.82) is 0 Å². The number of hydrogen-bond acceptors (Lipinski definition) is 3. The number of rotatable bonds is 6. The van der Waals surface area contributed by atoms with Crippen molar-refractivity contribution in [3.05, 3.63) is 58.7 Å². The van der Waals surface area contributed by atoms with Crippen molar-refractivity contribution in [3.8, 4) is 5.88 Å². The molecule has 0 unspecified atom stereocenters. The lowest BCUT2D eigenvalue weighted by molar-refractivity contribution is -0.154. The Hall–Kier alpha value is -2.48. The summed E-state index contributed by atoms with van der Waals surface area (Å²) in [5.41, 5.74) is 1.82. The summed E-state index contributed by atoms with van der Waals surface area (Å²) in [6.45, 7) is -0.384. The molecule has 0 amide bonds. The fourth-order valence-corrected chi connectivity index (χ4v) is 2.08. The molecule has 0 atom stereocenters. The average molecular weight is 387 g/mol. The van der Waals surface area contributed by atoms with Crippen molar-refractivity contribution in [2.45, 2.75) is 19.3 Å². The van der Waals surface area contributed by atoms with Gasteiger partial charge in [0.05, 0.1) is 0 Å². The Bertz CT molecular complexity index is 718. The van der Waals surface area contributed by atoms with Gasteiger partial charge in [0.15, 0.2) is 12.6 Å². The number of alkyl halides is 3. The van der Waals surface area contributed by atoms with E-state index in [1.54, 1.807) is 13.1 Å². The molecule has 0 aliphatic rings. The monoisotopic (exact) mass is 386 g/mol. The van der Waals surface area contributed by atoms with Crippen LogP contribution in [0.5, 0.6) is 5.88 Å². The summed E-state index contributed by atoms with van der Waals surface area (Å²) in [6.07, 6.45) is -2.94. The lowest BCUT2D eigenvalue weighted by Gasteiger charge is -2.12. The fraction of sp³-hybridized carbons (Fsp3) is 0.294. The molecule has 0 spiro atoms. The molecule has 1 aromatic heterocycles. The molecular formula is C17H18ClF3N4O. The Balaban J connectivity index is 1.79. The highest BCUT2D eigenvalue weighted by molar-refractivity contribution is 6.30. The van der Waals surface area contributed by atoms with Gasteiger partial charge >= 0.3 is 6.18 Å². The Labute approximate surface area is 154 Å². The molecule has 1 heterocycles. The summed E-state index contributed by atoms with van der Waals surface area (Å²) in [7, 11) is 1.64. The minimum atomic E-state index is -4.38. The number of halogens is 4. The third-order valence-electron chi connectivity index (χ3n) is 3.24. The molecule has 2 rings (SSSR count). The highest BCUT2D eigenvalue weighted by Gasteiger charge is 2.28. The van der Waals surface area contributed by atoms with E-state index in [9.17, 15) is 13.2 Å². The molecule has 5 nitrogen and oxygen atoms in total. The van der Waals surface area contributed by atoms with Crippen LogP contribution in [0, 0.1) is 0 Å².